The van der Waals surface area contributed by atoms with Crippen LogP contribution in [0.5, 0.6) is 0 Å². The van der Waals surface area contributed by atoms with Gasteiger partial charge in [0, 0.05) is 12.1 Å². The molecule has 24 heavy (non-hydrogen) atoms. The maximum atomic E-state index is 13.8. The minimum atomic E-state index is -0.816. The molecule has 2 rings (SSSR count). The maximum Gasteiger partial charge on any atom is 0.270 e. The molecule has 0 aliphatic carbocycles. The number of nitriles is 1. The van der Waals surface area contributed by atoms with Crippen LogP contribution in [0.4, 0.5) is 15.8 Å². The highest BCUT2D eigenvalue weighted by Gasteiger charge is 2.21. The summed E-state index contributed by atoms with van der Waals surface area (Å²) in [5, 5.41) is 21.7. The third kappa shape index (κ3) is 3.59. The van der Waals surface area contributed by atoms with Gasteiger partial charge in [0.15, 0.2) is 5.78 Å². The molecule has 0 aliphatic heterocycles. The lowest BCUT2D eigenvalue weighted by atomic mass is 10.0. The molecule has 2 aromatic rings. The van der Waals surface area contributed by atoms with Crippen LogP contribution in [0.3, 0.4) is 0 Å². The standard InChI is InChI=1S/C16H10FN3O4/c17-13-4-2-1-3-11(13)16(22)12-9-10(20(23)24)5-6-14(12)19-15(21)7-8-18/h1-6,9H,7H2,(H,19,21). The average Bonchev–Trinajstić information content (AvgIpc) is 2.55. The summed E-state index contributed by atoms with van der Waals surface area (Å²) in [6, 6.07) is 10.0. The van der Waals surface area contributed by atoms with Crippen molar-refractivity contribution in [2.75, 3.05) is 5.32 Å². The van der Waals surface area contributed by atoms with E-state index in [2.05, 4.69) is 5.32 Å². The molecule has 0 heterocycles. The third-order valence-electron chi connectivity index (χ3n) is 3.09. The van der Waals surface area contributed by atoms with E-state index in [0.717, 1.165) is 18.2 Å². The fraction of sp³-hybridized carbons (Fsp3) is 0.0625. The first-order valence-corrected chi connectivity index (χ1v) is 6.68. The Hall–Kier alpha value is -3.60. The first-order valence-electron chi connectivity index (χ1n) is 6.68. The van der Waals surface area contributed by atoms with E-state index in [1.165, 1.54) is 24.3 Å². The molecular weight excluding hydrogens is 317 g/mol. The SMILES string of the molecule is N#CCC(=O)Nc1ccc([N+](=O)[O-])cc1C(=O)c1ccccc1F. The number of nitrogens with zero attached hydrogens (tertiary/aromatic N) is 2. The Morgan fingerprint density at radius 3 is 2.54 bits per heavy atom. The van der Waals surface area contributed by atoms with Gasteiger partial charge >= 0.3 is 0 Å². The van der Waals surface area contributed by atoms with E-state index < -0.39 is 28.9 Å². The van der Waals surface area contributed by atoms with Gasteiger partial charge < -0.3 is 5.32 Å². The van der Waals surface area contributed by atoms with Crippen LogP contribution >= 0.6 is 0 Å². The number of carbonyl (C=O) groups is 2. The number of rotatable bonds is 5. The van der Waals surface area contributed by atoms with E-state index in [4.69, 9.17) is 5.26 Å². The van der Waals surface area contributed by atoms with E-state index in [1.54, 1.807) is 6.07 Å². The molecule has 0 fully saturated rings. The molecule has 0 spiro atoms. The molecule has 2 aromatic carbocycles. The van der Waals surface area contributed by atoms with Crippen molar-refractivity contribution < 1.29 is 18.9 Å². The molecule has 0 aromatic heterocycles. The normalized spacial score (nSPS) is 9.83. The number of ketones is 1. The predicted molar refractivity (Wildman–Crippen MR) is 81.8 cm³/mol. The van der Waals surface area contributed by atoms with Crippen LogP contribution in [-0.4, -0.2) is 16.6 Å². The number of halogens is 1. The number of anilines is 1. The fourth-order valence-corrected chi connectivity index (χ4v) is 2.00. The van der Waals surface area contributed by atoms with Crippen molar-refractivity contribution in [1.29, 1.82) is 5.26 Å². The zero-order valence-corrected chi connectivity index (χ0v) is 12.2. The number of non-ortho nitro benzene ring substituents is 1. The average molecular weight is 327 g/mol. The van der Waals surface area contributed by atoms with Gasteiger partial charge in [0.05, 0.1) is 27.8 Å². The third-order valence-corrected chi connectivity index (χ3v) is 3.09. The Kier molecular flexibility index (Phi) is 4.96. The number of carbonyl (C=O) groups excluding carboxylic acids is 2. The minimum Gasteiger partial charge on any atom is -0.324 e. The number of hydrogen-bond donors (Lipinski definition) is 1. The van der Waals surface area contributed by atoms with Crippen LogP contribution in [0.15, 0.2) is 42.5 Å². The second-order valence-electron chi connectivity index (χ2n) is 4.68. The zero-order valence-electron chi connectivity index (χ0n) is 12.2. The van der Waals surface area contributed by atoms with Crippen LogP contribution in [0.1, 0.15) is 22.3 Å². The number of nitro benzene ring substituents is 1. The van der Waals surface area contributed by atoms with Crippen LogP contribution in [0.2, 0.25) is 0 Å². The second kappa shape index (κ2) is 7.11. The van der Waals surface area contributed by atoms with Gasteiger partial charge in [0.25, 0.3) is 5.69 Å². The van der Waals surface area contributed by atoms with E-state index in [-0.39, 0.29) is 22.5 Å². The molecule has 0 aliphatic rings. The fourth-order valence-electron chi connectivity index (χ4n) is 2.00. The summed E-state index contributed by atoms with van der Waals surface area (Å²) in [4.78, 5) is 34.3. The molecular formula is C16H10FN3O4. The van der Waals surface area contributed by atoms with Crippen molar-refractivity contribution >= 4 is 23.1 Å². The van der Waals surface area contributed by atoms with Crippen LogP contribution in [0, 0.1) is 27.3 Å². The molecule has 0 saturated heterocycles. The molecule has 0 unspecified atom stereocenters. The first-order chi connectivity index (χ1) is 11.4. The van der Waals surface area contributed by atoms with Crippen LogP contribution < -0.4 is 5.32 Å². The van der Waals surface area contributed by atoms with E-state index in [9.17, 15) is 24.1 Å². The molecule has 0 bridgehead atoms. The van der Waals surface area contributed by atoms with Crippen molar-refractivity contribution in [3.8, 4) is 6.07 Å². The summed E-state index contributed by atoms with van der Waals surface area (Å²) in [5.41, 5.74) is -0.934. The van der Waals surface area contributed by atoms with Gasteiger partial charge in [-0.1, -0.05) is 12.1 Å². The highest BCUT2D eigenvalue weighted by atomic mass is 19.1. The second-order valence-corrected chi connectivity index (χ2v) is 4.68. The van der Waals surface area contributed by atoms with Gasteiger partial charge in [-0.25, -0.2) is 4.39 Å². The van der Waals surface area contributed by atoms with Crippen molar-refractivity contribution in [3.63, 3.8) is 0 Å². The maximum absolute atomic E-state index is 13.8. The molecule has 120 valence electrons. The molecule has 8 heteroatoms. The van der Waals surface area contributed by atoms with Crippen LogP contribution in [-0.2, 0) is 4.79 Å². The monoisotopic (exact) mass is 327 g/mol. The summed E-state index contributed by atoms with van der Waals surface area (Å²) in [7, 11) is 0. The van der Waals surface area contributed by atoms with Gasteiger partial charge in [0.1, 0.15) is 12.2 Å². The lowest BCUT2D eigenvalue weighted by molar-refractivity contribution is -0.384. The first kappa shape index (κ1) is 16.8. The summed E-state index contributed by atoms with van der Waals surface area (Å²) < 4.78 is 13.8. The number of hydrogen-bond acceptors (Lipinski definition) is 5. The Morgan fingerprint density at radius 2 is 1.92 bits per heavy atom. The van der Waals surface area contributed by atoms with Crippen LogP contribution in [0.25, 0.3) is 0 Å². The summed E-state index contributed by atoms with van der Waals surface area (Å²) in [6.07, 6.45) is -0.454. The van der Waals surface area contributed by atoms with Gasteiger partial charge in [-0.3, -0.25) is 19.7 Å². The van der Waals surface area contributed by atoms with Crippen molar-refractivity contribution in [3.05, 3.63) is 69.5 Å². The smallest absolute Gasteiger partial charge is 0.270 e. The largest absolute Gasteiger partial charge is 0.324 e. The van der Waals surface area contributed by atoms with Crippen molar-refractivity contribution in [2.45, 2.75) is 6.42 Å². The summed E-state index contributed by atoms with van der Waals surface area (Å²) in [6.45, 7) is 0. The molecule has 0 radical (unpaired) electrons. The van der Waals surface area contributed by atoms with Gasteiger partial charge in [0.2, 0.25) is 5.91 Å². The van der Waals surface area contributed by atoms with E-state index in [1.807, 2.05) is 0 Å². The Balaban J connectivity index is 2.52. The summed E-state index contributed by atoms with van der Waals surface area (Å²) in [5.74, 6) is -2.29. The minimum absolute atomic E-state index is 0.0332. The number of benzene rings is 2. The Labute approximate surface area is 135 Å². The van der Waals surface area contributed by atoms with Crippen molar-refractivity contribution in [1.82, 2.24) is 0 Å². The molecule has 1 amide bonds. The predicted octanol–water partition coefficient (Wildman–Crippen LogP) is 2.82. The summed E-state index contributed by atoms with van der Waals surface area (Å²) >= 11 is 0. The molecule has 0 saturated carbocycles. The lowest BCUT2D eigenvalue weighted by Gasteiger charge is -2.10. The highest BCUT2D eigenvalue weighted by Crippen LogP contribution is 2.26. The molecule has 7 nitrogen and oxygen atoms in total. The number of nitrogens with one attached hydrogen (secondary N) is 1. The Bertz CT molecular complexity index is 874. The zero-order chi connectivity index (χ0) is 17.7. The topological polar surface area (TPSA) is 113 Å². The molecule has 0 atom stereocenters. The Morgan fingerprint density at radius 1 is 1.21 bits per heavy atom. The quantitative estimate of drug-likeness (QED) is 0.515. The van der Waals surface area contributed by atoms with Gasteiger partial charge in [-0.2, -0.15) is 5.26 Å². The highest BCUT2D eigenvalue weighted by molar-refractivity contribution is 6.14. The number of amides is 1. The van der Waals surface area contributed by atoms with E-state index >= 15 is 0 Å². The van der Waals surface area contributed by atoms with E-state index in [0.29, 0.717) is 0 Å². The van der Waals surface area contributed by atoms with Gasteiger partial charge in [-0.15, -0.1) is 0 Å². The molecule has 1 N–H and O–H groups in total. The lowest BCUT2D eigenvalue weighted by Crippen LogP contribution is -2.15. The number of nitro groups is 1. The van der Waals surface area contributed by atoms with Gasteiger partial charge in [-0.05, 0) is 18.2 Å². The van der Waals surface area contributed by atoms with Crippen molar-refractivity contribution in [2.24, 2.45) is 0 Å².